The number of nitrogens with zero attached hydrogens (tertiary/aromatic N) is 3. The lowest BCUT2D eigenvalue weighted by Gasteiger charge is -2.09. The molecule has 0 bridgehead atoms. The fraction of sp³-hybridized carbons (Fsp3) is 0.176. The Labute approximate surface area is 144 Å². The third kappa shape index (κ3) is 4.14. The molecule has 0 saturated heterocycles. The standard InChI is InChI=1S/C17H17N5OS/c1-12-11-15(22-16(21-12)13-4-6-18-7-5-13)19-8-9-20-17(23)14-3-2-10-24-14/h2-7,10-11H,8-9H2,1H3,(H,20,23)(H,19,21,22). The van der Waals surface area contributed by atoms with E-state index in [1.54, 1.807) is 12.4 Å². The molecule has 0 unspecified atom stereocenters. The van der Waals surface area contributed by atoms with Crippen LogP contribution >= 0.6 is 11.3 Å². The Morgan fingerprint density at radius 2 is 2.00 bits per heavy atom. The second-order valence-corrected chi connectivity index (χ2v) is 6.06. The third-order valence-corrected chi connectivity index (χ3v) is 4.12. The van der Waals surface area contributed by atoms with E-state index in [1.807, 2.05) is 42.6 Å². The van der Waals surface area contributed by atoms with Crippen LogP contribution in [-0.2, 0) is 0 Å². The maximum atomic E-state index is 11.9. The van der Waals surface area contributed by atoms with Gasteiger partial charge in [-0.05, 0) is 30.5 Å². The lowest BCUT2D eigenvalue weighted by molar-refractivity contribution is 0.0959. The Hall–Kier alpha value is -2.80. The van der Waals surface area contributed by atoms with Crippen molar-refractivity contribution in [1.29, 1.82) is 0 Å². The highest BCUT2D eigenvalue weighted by Gasteiger charge is 2.06. The number of carbonyl (C=O) groups is 1. The van der Waals surface area contributed by atoms with Crippen LogP contribution < -0.4 is 10.6 Å². The van der Waals surface area contributed by atoms with E-state index in [-0.39, 0.29) is 5.91 Å². The summed E-state index contributed by atoms with van der Waals surface area (Å²) in [5.74, 6) is 1.34. The van der Waals surface area contributed by atoms with E-state index in [0.717, 1.165) is 17.1 Å². The Balaban J connectivity index is 1.57. The molecule has 0 aliphatic rings. The van der Waals surface area contributed by atoms with Crippen LogP contribution in [0.25, 0.3) is 11.4 Å². The second-order valence-electron chi connectivity index (χ2n) is 5.11. The monoisotopic (exact) mass is 339 g/mol. The van der Waals surface area contributed by atoms with Crippen LogP contribution in [0.5, 0.6) is 0 Å². The van der Waals surface area contributed by atoms with Crippen molar-refractivity contribution in [3.05, 3.63) is 58.7 Å². The van der Waals surface area contributed by atoms with E-state index in [1.165, 1.54) is 11.3 Å². The zero-order chi connectivity index (χ0) is 16.8. The summed E-state index contributed by atoms with van der Waals surface area (Å²) in [7, 11) is 0. The van der Waals surface area contributed by atoms with Gasteiger partial charge in [-0.25, -0.2) is 9.97 Å². The van der Waals surface area contributed by atoms with Crippen molar-refractivity contribution in [3.8, 4) is 11.4 Å². The number of aryl methyl sites for hydroxylation is 1. The molecule has 3 heterocycles. The number of nitrogens with one attached hydrogen (secondary N) is 2. The number of pyridine rings is 1. The number of amides is 1. The summed E-state index contributed by atoms with van der Waals surface area (Å²) in [4.78, 5) is 25.5. The maximum Gasteiger partial charge on any atom is 0.261 e. The lowest BCUT2D eigenvalue weighted by atomic mass is 10.2. The average molecular weight is 339 g/mol. The predicted octanol–water partition coefficient (Wildman–Crippen LogP) is 2.75. The van der Waals surface area contributed by atoms with Crippen LogP contribution in [-0.4, -0.2) is 33.9 Å². The average Bonchev–Trinajstić information content (AvgIpc) is 3.14. The summed E-state index contributed by atoms with van der Waals surface area (Å²) in [6.07, 6.45) is 3.43. The molecule has 7 heteroatoms. The van der Waals surface area contributed by atoms with Crippen LogP contribution in [0.3, 0.4) is 0 Å². The summed E-state index contributed by atoms with van der Waals surface area (Å²) in [5.41, 5.74) is 1.80. The summed E-state index contributed by atoms with van der Waals surface area (Å²) < 4.78 is 0. The smallest absolute Gasteiger partial charge is 0.261 e. The van der Waals surface area contributed by atoms with Crippen molar-refractivity contribution in [2.75, 3.05) is 18.4 Å². The van der Waals surface area contributed by atoms with Crippen LogP contribution in [0.4, 0.5) is 5.82 Å². The highest BCUT2D eigenvalue weighted by molar-refractivity contribution is 7.12. The quantitative estimate of drug-likeness (QED) is 0.675. The third-order valence-electron chi connectivity index (χ3n) is 3.25. The minimum atomic E-state index is -0.0526. The van der Waals surface area contributed by atoms with Gasteiger partial charge in [0.05, 0.1) is 4.88 Å². The molecule has 0 aliphatic heterocycles. The summed E-state index contributed by atoms with van der Waals surface area (Å²) in [6, 6.07) is 9.30. The topological polar surface area (TPSA) is 79.8 Å². The van der Waals surface area contributed by atoms with Crippen molar-refractivity contribution in [2.45, 2.75) is 6.92 Å². The van der Waals surface area contributed by atoms with Crippen LogP contribution in [0.2, 0.25) is 0 Å². The summed E-state index contributed by atoms with van der Waals surface area (Å²) in [5, 5.41) is 7.98. The molecule has 0 saturated carbocycles. The van der Waals surface area contributed by atoms with E-state index in [4.69, 9.17) is 0 Å². The number of rotatable bonds is 6. The molecular weight excluding hydrogens is 322 g/mol. The molecule has 0 aliphatic carbocycles. The largest absolute Gasteiger partial charge is 0.368 e. The van der Waals surface area contributed by atoms with E-state index < -0.39 is 0 Å². The van der Waals surface area contributed by atoms with Crippen molar-refractivity contribution in [1.82, 2.24) is 20.3 Å². The normalized spacial score (nSPS) is 10.4. The summed E-state index contributed by atoms with van der Waals surface area (Å²) in [6.45, 7) is 3.03. The molecule has 0 atom stereocenters. The predicted molar refractivity (Wildman–Crippen MR) is 95.1 cm³/mol. The van der Waals surface area contributed by atoms with Gasteiger partial charge in [-0.2, -0.15) is 0 Å². The van der Waals surface area contributed by atoms with Gasteiger partial charge in [0.15, 0.2) is 5.82 Å². The highest BCUT2D eigenvalue weighted by Crippen LogP contribution is 2.16. The Kier molecular flexibility index (Phi) is 5.12. The van der Waals surface area contributed by atoms with Gasteiger partial charge >= 0.3 is 0 Å². The van der Waals surface area contributed by atoms with Crippen LogP contribution in [0, 0.1) is 6.92 Å². The number of aromatic nitrogens is 3. The van der Waals surface area contributed by atoms with Crippen molar-refractivity contribution >= 4 is 23.1 Å². The first-order valence-electron chi connectivity index (χ1n) is 7.54. The highest BCUT2D eigenvalue weighted by atomic mass is 32.1. The first-order valence-corrected chi connectivity index (χ1v) is 8.42. The number of anilines is 1. The first-order chi connectivity index (χ1) is 11.7. The van der Waals surface area contributed by atoms with Crippen molar-refractivity contribution in [3.63, 3.8) is 0 Å². The molecule has 6 nitrogen and oxygen atoms in total. The zero-order valence-corrected chi connectivity index (χ0v) is 14.0. The minimum Gasteiger partial charge on any atom is -0.368 e. The molecule has 0 spiro atoms. The molecule has 2 N–H and O–H groups in total. The van der Waals surface area contributed by atoms with Gasteiger partial charge in [0.2, 0.25) is 0 Å². The molecule has 0 fully saturated rings. The lowest BCUT2D eigenvalue weighted by Crippen LogP contribution is -2.28. The van der Waals surface area contributed by atoms with Gasteiger partial charge in [-0.15, -0.1) is 11.3 Å². The van der Waals surface area contributed by atoms with Crippen molar-refractivity contribution < 1.29 is 4.79 Å². The Morgan fingerprint density at radius 1 is 1.17 bits per heavy atom. The number of hydrogen-bond acceptors (Lipinski definition) is 6. The second kappa shape index (κ2) is 7.65. The Bertz CT molecular complexity index is 805. The minimum absolute atomic E-state index is 0.0526. The van der Waals surface area contributed by atoms with Crippen molar-refractivity contribution in [2.24, 2.45) is 0 Å². The van der Waals surface area contributed by atoms with Crippen LogP contribution in [0.15, 0.2) is 48.1 Å². The molecular formula is C17H17N5OS. The van der Waals surface area contributed by atoms with E-state index >= 15 is 0 Å². The van der Waals surface area contributed by atoms with E-state index in [0.29, 0.717) is 23.8 Å². The molecule has 0 aromatic carbocycles. The molecule has 0 radical (unpaired) electrons. The SMILES string of the molecule is Cc1cc(NCCNC(=O)c2cccs2)nc(-c2ccncc2)n1. The van der Waals surface area contributed by atoms with Gasteiger partial charge in [0.25, 0.3) is 5.91 Å². The molecule has 24 heavy (non-hydrogen) atoms. The van der Waals surface area contributed by atoms with Crippen LogP contribution in [0.1, 0.15) is 15.4 Å². The molecule has 3 aromatic rings. The maximum absolute atomic E-state index is 11.9. The van der Waals surface area contributed by atoms with Gasteiger partial charge in [0, 0.05) is 42.8 Å². The Morgan fingerprint density at radius 3 is 2.75 bits per heavy atom. The zero-order valence-electron chi connectivity index (χ0n) is 13.2. The molecule has 122 valence electrons. The summed E-state index contributed by atoms with van der Waals surface area (Å²) >= 11 is 1.43. The van der Waals surface area contributed by atoms with E-state index in [9.17, 15) is 4.79 Å². The first kappa shape index (κ1) is 16.1. The van der Waals surface area contributed by atoms with Gasteiger partial charge in [0.1, 0.15) is 5.82 Å². The van der Waals surface area contributed by atoms with E-state index in [2.05, 4.69) is 25.6 Å². The van der Waals surface area contributed by atoms with Gasteiger partial charge < -0.3 is 10.6 Å². The number of carbonyl (C=O) groups excluding carboxylic acids is 1. The fourth-order valence-electron chi connectivity index (χ4n) is 2.15. The molecule has 3 aromatic heterocycles. The fourth-order valence-corrected chi connectivity index (χ4v) is 2.79. The number of thiophene rings is 1. The van der Waals surface area contributed by atoms with Gasteiger partial charge in [-0.3, -0.25) is 9.78 Å². The number of hydrogen-bond donors (Lipinski definition) is 2. The van der Waals surface area contributed by atoms with Gasteiger partial charge in [-0.1, -0.05) is 6.07 Å². The molecule has 3 rings (SSSR count). The molecule has 1 amide bonds.